The van der Waals surface area contributed by atoms with Crippen molar-refractivity contribution in [1.82, 2.24) is 14.9 Å². The van der Waals surface area contributed by atoms with Gasteiger partial charge in [0.2, 0.25) is 0 Å². The molecule has 4 nitrogen and oxygen atoms in total. The molecule has 1 N–H and O–H groups in total. The number of carbonyl (C=O) groups is 1. The number of para-hydroxylation sites is 2. The maximum Gasteiger partial charge on any atom is 0.251 e. The fourth-order valence-corrected chi connectivity index (χ4v) is 4.00. The van der Waals surface area contributed by atoms with Crippen LogP contribution in [0.5, 0.6) is 0 Å². The number of carbonyl (C=O) groups excluding carboxylic acids is 1. The van der Waals surface area contributed by atoms with Gasteiger partial charge in [-0.2, -0.15) is 0 Å². The van der Waals surface area contributed by atoms with E-state index < -0.39 is 0 Å². The van der Waals surface area contributed by atoms with Gasteiger partial charge in [-0.3, -0.25) is 4.79 Å². The Morgan fingerprint density at radius 1 is 1.03 bits per heavy atom. The third-order valence-corrected chi connectivity index (χ3v) is 5.66. The van der Waals surface area contributed by atoms with Gasteiger partial charge in [-0.15, -0.1) is 0 Å². The molecular formula is C24H30BrN3O. The monoisotopic (exact) mass is 455 g/mol. The number of amides is 1. The fraction of sp³-hybridized carbons (Fsp3) is 0.417. The Morgan fingerprint density at radius 3 is 2.72 bits per heavy atom. The summed E-state index contributed by atoms with van der Waals surface area (Å²) in [5, 5.41) is 3.01. The van der Waals surface area contributed by atoms with Gasteiger partial charge in [0.05, 0.1) is 11.0 Å². The first kappa shape index (κ1) is 21.6. The molecule has 0 saturated carbocycles. The molecule has 5 heteroatoms. The summed E-state index contributed by atoms with van der Waals surface area (Å²) in [5.74, 6) is 1.18. The lowest BCUT2D eigenvalue weighted by molar-refractivity contribution is 0.0953. The summed E-state index contributed by atoms with van der Waals surface area (Å²) in [5.41, 5.74) is 3.04. The molecule has 1 amide bonds. The zero-order valence-corrected chi connectivity index (χ0v) is 18.7. The summed E-state index contributed by atoms with van der Waals surface area (Å²) in [6.45, 7) is 3.99. The van der Waals surface area contributed by atoms with Gasteiger partial charge in [0.15, 0.2) is 0 Å². The third-order valence-electron chi connectivity index (χ3n) is 5.17. The Hall–Kier alpha value is -2.14. The highest BCUT2D eigenvalue weighted by Crippen LogP contribution is 2.19. The molecule has 2 aromatic carbocycles. The SMILES string of the molecule is CCCCCn1c(CCCCCNC(=O)c2cccc(Br)c2)nc2ccccc21. The van der Waals surface area contributed by atoms with Crippen molar-refractivity contribution in [2.75, 3.05) is 6.54 Å². The van der Waals surface area contributed by atoms with E-state index in [1.807, 2.05) is 24.3 Å². The molecule has 0 aliphatic rings. The molecule has 0 fully saturated rings. The van der Waals surface area contributed by atoms with E-state index in [2.05, 4.69) is 57.0 Å². The smallest absolute Gasteiger partial charge is 0.251 e. The average molecular weight is 456 g/mol. The van der Waals surface area contributed by atoms with Crippen LogP contribution in [0.1, 0.15) is 61.6 Å². The van der Waals surface area contributed by atoms with Crippen LogP contribution in [-0.2, 0) is 13.0 Å². The van der Waals surface area contributed by atoms with E-state index in [1.165, 1.54) is 30.6 Å². The Kier molecular flexibility index (Phi) is 8.29. The van der Waals surface area contributed by atoms with E-state index in [9.17, 15) is 4.79 Å². The third kappa shape index (κ3) is 6.17. The number of nitrogens with zero attached hydrogens (tertiary/aromatic N) is 2. The van der Waals surface area contributed by atoms with E-state index in [0.717, 1.165) is 42.2 Å². The second kappa shape index (κ2) is 11.1. The van der Waals surface area contributed by atoms with Crippen LogP contribution in [0, 0.1) is 0 Å². The molecule has 1 heterocycles. The Labute approximate surface area is 181 Å². The van der Waals surface area contributed by atoms with Gasteiger partial charge in [-0.05, 0) is 49.6 Å². The largest absolute Gasteiger partial charge is 0.352 e. The number of nitrogens with one attached hydrogen (secondary N) is 1. The van der Waals surface area contributed by atoms with Crippen molar-refractivity contribution in [2.45, 2.75) is 58.4 Å². The van der Waals surface area contributed by atoms with E-state index in [1.54, 1.807) is 0 Å². The highest BCUT2D eigenvalue weighted by molar-refractivity contribution is 9.10. The quantitative estimate of drug-likeness (QED) is 0.353. The number of aromatic nitrogens is 2. The fourth-order valence-electron chi connectivity index (χ4n) is 3.60. The summed E-state index contributed by atoms with van der Waals surface area (Å²) >= 11 is 3.41. The second-order valence-electron chi connectivity index (χ2n) is 7.45. The summed E-state index contributed by atoms with van der Waals surface area (Å²) in [7, 11) is 0. The Balaban J connectivity index is 1.46. The predicted molar refractivity (Wildman–Crippen MR) is 123 cm³/mol. The van der Waals surface area contributed by atoms with E-state index in [0.29, 0.717) is 12.1 Å². The van der Waals surface area contributed by atoms with Crippen LogP contribution in [0.25, 0.3) is 11.0 Å². The molecule has 29 heavy (non-hydrogen) atoms. The van der Waals surface area contributed by atoms with Crippen LogP contribution < -0.4 is 5.32 Å². The van der Waals surface area contributed by atoms with Crippen molar-refractivity contribution in [3.8, 4) is 0 Å². The first-order valence-electron chi connectivity index (χ1n) is 10.7. The molecule has 0 unspecified atom stereocenters. The number of imidazole rings is 1. The van der Waals surface area contributed by atoms with Crippen LogP contribution >= 0.6 is 15.9 Å². The topological polar surface area (TPSA) is 46.9 Å². The first-order valence-corrected chi connectivity index (χ1v) is 11.5. The standard InChI is InChI=1S/C24H30BrN3O/c1-2-3-9-17-28-22-14-7-6-13-21(22)27-23(28)15-5-4-8-16-26-24(29)19-11-10-12-20(25)18-19/h6-7,10-14,18H,2-5,8-9,15-17H2,1H3,(H,26,29). The van der Waals surface area contributed by atoms with Crippen molar-refractivity contribution in [2.24, 2.45) is 0 Å². The highest BCUT2D eigenvalue weighted by atomic mass is 79.9. The number of aryl methyl sites for hydroxylation is 2. The molecule has 0 radical (unpaired) electrons. The summed E-state index contributed by atoms with van der Waals surface area (Å²) in [6.07, 6.45) is 7.82. The van der Waals surface area contributed by atoms with Gasteiger partial charge in [-0.1, -0.05) is 60.3 Å². The number of hydrogen-bond donors (Lipinski definition) is 1. The van der Waals surface area contributed by atoms with Crippen LogP contribution in [0.4, 0.5) is 0 Å². The minimum absolute atomic E-state index is 0.0102. The number of halogens is 1. The van der Waals surface area contributed by atoms with Gasteiger partial charge < -0.3 is 9.88 Å². The number of unbranched alkanes of at least 4 members (excludes halogenated alkanes) is 4. The van der Waals surface area contributed by atoms with Crippen LogP contribution in [-0.4, -0.2) is 22.0 Å². The van der Waals surface area contributed by atoms with E-state index >= 15 is 0 Å². The normalized spacial score (nSPS) is 11.1. The van der Waals surface area contributed by atoms with Crippen molar-refractivity contribution in [3.63, 3.8) is 0 Å². The average Bonchev–Trinajstić information content (AvgIpc) is 3.08. The number of fused-ring (bicyclic) bond motifs is 1. The van der Waals surface area contributed by atoms with Gasteiger partial charge in [-0.25, -0.2) is 4.98 Å². The molecule has 1 aromatic heterocycles. The lowest BCUT2D eigenvalue weighted by atomic mass is 10.1. The van der Waals surface area contributed by atoms with Crippen molar-refractivity contribution < 1.29 is 4.79 Å². The number of hydrogen-bond acceptors (Lipinski definition) is 2. The second-order valence-corrected chi connectivity index (χ2v) is 8.37. The predicted octanol–water partition coefficient (Wildman–Crippen LogP) is 6.13. The van der Waals surface area contributed by atoms with E-state index in [-0.39, 0.29) is 5.91 Å². The molecule has 3 aromatic rings. The molecule has 0 atom stereocenters. The van der Waals surface area contributed by atoms with Crippen molar-refractivity contribution in [3.05, 3.63) is 64.4 Å². The zero-order valence-electron chi connectivity index (χ0n) is 17.2. The highest BCUT2D eigenvalue weighted by Gasteiger charge is 2.10. The molecule has 3 rings (SSSR count). The van der Waals surface area contributed by atoms with Gasteiger partial charge in [0.1, 0.15) is 5.82 Å². The van der Waals surface area contributed by atoms with Gasteiger partial charge >= 0.3 is 0 Å². The maximum absolute atomic E-state index is 12.2. The lowest BCUT2D eigenvalue weighted by Gasteiger charge is -2.09. The van der Waals surface area contributed by atoms with Crippen LogP contribution in [0.3, 0.4) is 0 Å². The molecular weight excluding hydrogens is 426 g/mol. The number of benzene rings is 2. The van der Waals surface area contributed by atoms with E-state index in [4.69, 9.17) is 4.98 Å². The van der Waals surface area contributed by atoms with Crippen LogP contribution in [0.15, 0.2) is 53.0 Å². The summed E-state index contributed by atoms with van der Waals surface area (Å²) in [6, 6.07) is 15.9. The minimum atomic E-state index is -0.0102. The molecule has 0 aliphatic heterocycles. The van der Waals surface area contributed by atoms with Gasteiger partial charge in [0.25, 0.3) is 5.91 Å². The lowest BCUT2D eigenvalue weighted by Crippen LogP contribution is -2.24. The minimum Gasteiger partial charge on any atom is -0.352 e. The molecule has 0 spiro atoms. The zero-order chi connectivity index (χ0) is 20.5. The van der Waals surface area contributed by atoms with Crippen molar-refractivity contribution >= 4 is 32.9 Å². The Bertz CT molecular complexity index is 935. The van der Waals surface area contributed by atoms with Crippen LogP contribution in [0.2, 0.25) is 0 Å². The first-order chi connectivity index (χ1) is 14.2. The summed E-state index contributed by atoms with van der Waals surface area (Å²) < 4.78 is 3.33. The summed E-state index contributed by atoms with van der Waals surface area (Å²) in [4.78, 5) is 17.0. The maximum atomic E-state index is 12.2. The molecule has 0 bridgehead atoms. The Morgan fingerprint density at radius 2 is 1.90 bits per heavy atom. The molecule has 154 valence electrons. The molecule has 0 aliphatic carbocycles. The van der Waals surface area contributed by atoms with Gasteiger partial charge in [0, 0.05) is 29.5 Å². The number of rotatable bonds is 11. The van der Waals surface area contributed by atoms with Crippen molar-refractivity contribution in [1.29, 1.82) is 0 Å². The molecule has 0 saturated heterocycles.